The average Bonchev–Trinajstić information content (AvgIpc) is 2.40. The molecule has 0 heterocycles. The van der Waals surface area contributed by atoms with Gasteiger partial charge in [0.1, 0.15) is 5.69 Å². The van der Waals surface area contributed by atoms with Crippen LogP contribution in [0.25, 0.3) is 11.1 Å². The maximum atomic E-state index is 11.7. The second kappa shape index (κ2) is 4.94. The van der Waals surface area contributed by atoms with Crippen molar-refractivity contribution < 1.29 is 0 Å². The zero-order chi connectivity index (χ0) is 13.3. The number of hydrogen-bond donors (Lipinski definition) is 0. The van der Waals surface area contributed by atoms with Gasteiger partial charge in [0.2, 0.25) is 10.9 Å². The molecule has 0 atom stereocenters. The van der Waals surface area contributed by atoms with Crippen molar-refractivity contribution in [2.24, 2.45) is 0 Å². The maximum Gasteiger partial charge on any atom is 0.250 e. The van der Waals surface area contributed by atoms with Crippen molar-refractivity contribution in [2.45, 2.75) is 13.8 Å². The highest BCUT2D eigenvalue weighted by atomic mass is 35.5. The molecule has 0 saturated heterocycles. The van der Waals surface area contributed by atoms with Crippen LogP contribution in [0.3, 0.4) is 0 Å². The van der Waals surface area contributed by atoms with Crippen molar-refractivity contribution in [3.05, 3.63) is 49.7 Å². The molecule has 0 aliphatic rings. The quantitative estimate of drug-likeness (QED) is 0.795. The van der Waals surface area contributed by atoms with Gasteiger partial charge in [0.05, 0.1) is 5.56 Å². The van der Waals surface area contributed by atoms with Crippen LogP contribution in [0.5, 0.6) is 0 Å². The van der Waals surface area contributed by atoms with E-state index in [1.807, 2.05) is 18.7 Å². The summed E-state index contributed by atoms with van der Waals surface area (Å²) in [6.45, 7) is 5.35. The predicted octanol–water partition coefficient (Wildman–Crippen LogP) is 2.45. The Balaban J connectivity index is 2.52. The highest BCUT2D eigenvalue weighted by molar-refractivity contribution is 6.30. The lowest BCUT2D eigenvalue weighted by molar-refractivity contribution is 0.856. The Morgan fingerprint density at radius 2 is 1.56 bits per heavy atom. The summed E-state index contributed by atoms with van der Waals surface area (Å²) in [5, 5.41) is 0.613. The molecular weight excluding hydrogens is 250 g/mol. The fraction of sp³-hybridized carbons (Fsp3) is 0.286. The summed E-state index contributed by atoms with van der Waals surface area (Å²) in [7, 11) is 0. The van der Waals surface area contributed by atoms with Gasteiger partial charge in [0.25, 0.3) is 0 Å². The Kier molecular flexibility index (Phi) is 3.53. The van der Waals surface area contributed by atoms with Gasteiger partial charge in [-0.25, -0.2) is 0 Å². The topological polar surface area (TPSA) is 37.4 Å². The highest BCUT2D eigenvalue weighted by Crippen LogP contribution is 2.27. The van der Waals surface area contributed by atoms with Crippen LogP contribution in [0, 0.1) is 0 Å². The van der Waals surface area contributed by atoms with Gasteiger partial charge < -0.3 is 4.90 Å². The van der Waals surface area contributed by atoms with Crippen LogP contribution < -0.4 is 15.8 Å². The molecule has 0 aromatic heterocycles. The summed E-state index contributed by atoms with van der Waals surface area (Å²) in [4.78, 5) is 25.3. The SMILES string of the molecule is CCN(CC)c1c(-c2ccc(Cl)cc2)c(=O)c1=O. The number of anilines is 1. The van der Waals surface area contributed by atoms with E-state index in [0.29, 0.717) is 29.4 Å². The molecule has 0 aliphatic heterocycles. The standard InChI is InChI=1S/C14H14ClNO2/c1-3-16(4-2)12-11(13(17)14(12)18)9-5-7-10(15)8-6-9/h5-8H,3-4H2,1-2H3. The van der Waals surface area contributed by atoms with E-state index in [1.54, 1.807) is 24.3 Å². The van der Waals surface area contributed by atoms with Crippen LogP contribution in [0.1, 0.15) is 13.8 Å². The minimum Gasteiger partial charge on any atom is -0.368 e. The average molecular weight is 264 g/mol. The summed E-state index contributed by atoms with van der Waals surface area (Å²) in [5.41, 5.74) is 1.02. The molecule has 94 valence electrons. The van der Waals surface area contributed by atoms with Crippen molar-refractivity contribution in [1.82, 2.24) is 0 Å². The summed E-state index contributed by atoms with van der Waals surface area (Å²) in [6.07, 6.45) is 0. The van der Waals surface area contributed by atoms with Gasteiger partial charge in [0.15, 0.2) is 0 Å². The van der Waals surface area contributed by atoms with Gasteiger partial charge in [-0.05, 0) is 31.5 Å². The van der Waals surface area contributed by atoms with E-state index < -0.39 is 5.43 Å². The van der Waals surface area contributed by atoms with E-state index >= 15 is 0 Å². The van der Waals surface area contributed by atoms with E-state index in [2.05, 4.69) is 0 Å². The van der Waals surface area contributed by atoms with Crippen molar-refractivity contribution >= 4 is 17.3 Å². The monoisotopic (exact) mass is 263 g/mol. The summed E-state index contributed by atoms with van der Waals surface area (Å²) < 4.78 is 0. The van der Waals surface area contributed by atoms with E-state index in [4.69, 9.17) is 11.6 Å². The fourth-order valence-electron chi connectivity index (χ4n) is 2.11. The first-order valence-corrected chi connectivity index (χ1v) is 6.32. The maximum absolute atomic E-state index is 11.7. The van der Waals surface area contributed by atoms with E-state index in [1.165, 1.54) is 0 Å². The van der Waals surface area contributed by atoms with Crippen molar-refractivity contribution in [2.75, 3.05) is 18.0 Å². The molecule has 2 aromatic carbocycles. The lowest BCUT2D eigenvalue weighted by atomic mass is 9.97. The first-order chi connectivity index (χ1) is 8.60. The van der Waals surface area contributed by atoms with Gasteiger partial charge >= 0.3 is 0 Å². The second-order valence-electron chi connectivity index (χ2n) is 4.06. The molecule has 0 amide bonds. The van der Waals surface area contributed by atoms with Crippen LogP contribution in [0.15, 0.2) is 33.9 Å². The highest BCUT2D eigenvalue weighted by Gasteiger charge is 2.25. The minimum atomic E-state index is -0.403. The Morgan fingerprint density at radius 3 is 2.06 bits per heavy atom. The molecule has 3 nitrogen and oxygen atoms in total. The van der Waals surface area contributed by atoms with Gasteiger partial charge in [0, 0.05) is 18.1 Å². The first-order valence-electron chi connectivity index (χ1n) is 5.94. The fourth-order valence-corrected chi connectivity index (χ4v) is 2.23. The lowest BCUT2D eigenvalue weighted by Gasteiger charge is -2.24. The summed E-state index contributed by atoms with van der Waals surface area (Å²) >= 11 is 5.82. The second-order valence-corrected chi connectivity index (χ2v) is 4.50. The van der Waals surface area contributed by atoms with Crippen LogP contribution in [-0.2, 0) is 0 Å². The molecule has 0 bridgehead atoms. The summed E-state index contributed by atoms with van der Waals surface area (Å²) in [6, 6.07) is 6.98. The Hall–Kier alpha value is -1.61. The van der Waals surface area contributed by atoms with Gasteiger partial charge in [-0.3, -0.25) is 9.59 Å². The molecule has 0 N–H and O–H groups in total. The molecule has 0 aliphatic carbocycles. The molecule has 0 unspecified atom stereocenters. The van der Waals surface area contributed by atoms with Crippen molar-refractivity contribution in [3.8, 4) is 11.1 Å². The lowest BCUT2D eigenvalue weighted by Crippen LogP contribution is -2.42. The number of benzene rings is 1. The third-order valence-electron chi connectivity index (χ3n) is 3.10. The Morgan fingerprint density at radius 1 is 1.00 bits per heavy atom. The van der Waals surface area contributed by atoms with Crippen molar-refractivity contribution in [3.63, 3.8) is 0 Å². The molecule has 0 spiro atoms. The third kappa shape index (κ3) is 1.95. The van der Waals surface area contributed by atoms with E-state index in [-0.39, 0.29) is 5.43 Å². The van der Waals surface area contributed by atoms with Crippen LogP contribution >= 0.6 is 11.6 Å². The minimum absolute atomic E-state index is 0.386. The van der Waals surface area contributed by atoms with Crippen molar-refractivity contribution in [1.29, 1.82) is 0 Å². The number of hydrogen-bond acceptors (Lipinski definition) is 3. The van der Waals surface area contributed by atoms with Crippen LogP contribution in [0.2, 0.25) is 5.02 Å². The van der Waals surface area contributed by atoms with Gasteiger partial charge in [-0.1, -0.05) is 23.7 Å². The molecule has 18 heavy (non-hydrogen) atoms. The normalized spacial score (nSPS) is 10.8. The van der Waals surface area contributed by atoms with Gasteiger partial charge in [-0.2, -0.15) is 0 Å². The molecule has 0 radical (unpaired) electrons. The van der Waals surface area contributed by atoms with E-state index in [0.717, 1.165) is 5.56 Å². The first kappa shape index (κ1) is 12.8. The summed E-state index contributed by atoms with van der Waals surface area (Å²) in [5.74, 6) is 0. The molecule has 2 aromatic rings. The zero-order valence-corrected chi connectivity index (χ0v) is 11.1. The van der Waals surface area contributed by atoms with Gasteiger partial charge in [-0.15, -0.1) is 0 Å². The predicted molar refractivity (Wildman–Crippen MR) is 75.4 cm³/mol. The Bertz CT molecular complexity index is 620. The molecule has 2 rings (SSSR count). The third-order valence-corrected chi connectivity index (χ3v) is 3.35. The molecule has 0 fully saturated rings. The molecule has 0 saturated carbocycles. The smallest absolute Gasteiger partial charge is 0.250 e. The van der Waals surface area contributed by atoms with E-state index in [9.17, 15) is 9.59 Å². The molecule has 4 heteroatoms. The van der Waals surface area contributed by atoms with Crippen LogP contribution in [-0.4, -0.2) is 13.1 Å². The number of halogens is 1. The molecular formula is C14H14ClNO2. The number of rotatable bonds is 4. The Labute approximate surface area is 110 Å². The largest absolute Gasteiger partial charge is 0.368 e. The van der Waals surface area contributed by atoms with Crippen LogP contribution in [0.4, 0.5) is 5.69 Å². The zero-order valence-electron chi connectivity index (χ0n) is 10.4. The number of nitrogens with zero attached hydrogens (tertiary/aromatic N) is 1.